The molecule has 1 atom stereocenters. The molecule has 0 saturated carbocycles. The van der Waals surface area contributed by atoms with Gasteiger partial charge >= 0.3 is 0 Å². The second-order valence-electron chi connectivity index (χ2n) is 6.27. The van der Waals surface area contributed by atoms with E-state index in [1.54, 1.807) is 0 Å². The SMILES string of the molecule is Cc1[nH]nc(CN2CCC[C@H](CN3CCOCC3)C2)c1Cl. The van der Waals surface area contributed by atoms with Gasteiger partial charge in [-0.15, -0.1) is 0 Å². The Balaban J connectivity index is 1.51. The molecule has 2 saturated heterocycles. The van der Waals surface area contributed by atoms with Gasteiger partial charge in [-0.05, 0) is 32.2 Å². The fourth-order valence-electron chi connectivity index (χ4n) is 3.38. The van der Waals surface area contributed by atoms with Gasteiger partial charge in [0.15, 0.2) is 0 Å². The number of piperidine rings is 1. The lowest BCUT2D eigenvalue weighted by Crippen LogP contribution is -2.44. The van der Waals surface area contributed by atoms with Gasteiger partial charge in [-0.2, -0.15) is 5.10 Å². The summed E-state index contributed by atoms with van der Waals surface area (Å²) in [7, 11) is 0. The van der Waals surface area contributed by atoms with Crippen LogP contribution in [-0.4, -0.2) is 65.9 Å². The number of ether oxygens (including phenoxy) is 1. The van der Waals surface area contributed by atoms with Crippen molar-refractivity contribution in [3.63, 3.8) is 0 Å². The van der Waals surface area contributed by atoms with Crippen molar-refractivity contribution in [1.29, 1.82) is 0 Å². The van der Waals surface area contributed by atoms with Crippen molar-refractivity contribution in [2.45, 2.75) is 26.3 Å². The Hall–Kier alpha value is -0.620. The second-order valence-corrected chi connectivity index (χ2v) is 6.64. The van der Waals surface area contributed by atoms with E-state index in [-0.39, 0.29) is 0 Å². The zero-order chi connectivity index (χ0) is 14.7. The molecule has 0 spiro atoms. The third-order valence-electron chi connectivity index (χ3n) is 4.54. The molecule has 2 aliphatic heterocycles. The Morgan fingerprint density at radius 3 is 2.81 bits per heavy atom. The summed E-state index contributed by atoms with van der Waals surface area (Å²) < 4.78 is 5.43. The van der Waals surface area contributed by atoms with E-state index in [0.717, 1.165) is 68.3 Å². The molecular weight excluding hydrogens is 288 g/mol. The van der Waals surface area contributed by atoms with Crippen LogP contribution in [0, 0.1) is 12.8 Å². The van der Waals surface area contributed by atoms with Crippen molar-refractivity contribution < 1.29 is 4.74 Å². The summed E-state index contributed by atoms with van der Waals surface area (Å²) in [5.74, 6) is 0.760. The molecule has 0 unspecified atom stereocenters. The number of rotatable bonds is 4. The molecule has 0 amide bonds. The molecule has 0 aromatic carbocycles. The van der Waals surface area contributed by atoms with Crippen molar-refractivity contribution >= 4 is 11.6 Å². The second kappa shape index (κ2) is 7.09. The molecule has 5 nitrogen and oxygen atoms in total. The lowest BCUT2D eigenvalue weighted by molar-refractivity contribution is 0.0223. The molecule has 118 valence electrons. The van der Waals surface area contributed by atoms with Gasteiger partial charge in [0.2, 0.25) is 0 Å². The molecular formula is C15H25ClN4O. The summed E-state index contributed by atoms with van der Waals surface area (Å²) in [6.45, 7) is 10.3. The third-order valence-corrected chi connectivity index (χ3v) is 5.04. The zero-order valence-electron chi connectivity index (χ0n) is 12.8. The van der Waals surface area contributed by atoms with Gasteiger partial charge in [-0.25, -0.2) is 0 Å². The minimum Gasteiger partial charge on any atom is -0.379 e. The first-order valence-electron chi connectivity index (χ1n) is 7.94. The number of H-pyrrole nitrogens is 1. The number of hydrogen-bond acceptors (Lipinski definition) is 4. The molecule has 1 aromatic heterocycles. The number of aryl methyl sites for hydroxylation is 1. The van der Waals surface area contributed by atoms with Crippen LogP contribution in [-0.2, 0) is 11.3 Å². The molecule has 1 N–H and O–H groups in total. The first-order chi connectivity index (χ1) is 10.2. The first kappa shape index (κ1) is 15.3. The van der Waals surface area contributed by atoms with E-state index >= 15 is 0 Å². The van der Waals surface area contributed by atoms with Gasteiger partial charge in [0, 0.05) is 32.7 Å². The van der Waals surface area contributed by atoms with Crippen LogP contribution in [0.3, 0.4) is 0 Å². The molecule has 1 aromatic rings. The number of likely N-dealkylation sites (tertiary alicyclic amines) is 1. The van der Waals surface area contributed by atoms with Gasteiger partial charge in [0.1, 0.15) is 0 Å². The van der Waals surface area contributed by atoms with Crippen molar-refractivity contribution in [3.05, 3.63) is 16.4 Å². The number of aromatic amines is 1. The van der Waals surface area contributed by atoms with Crippen molar-refractivity contribution in [2.24, 2.45) is 5.92 Å². The Labute approximate surface area is 131 Å². The predicted octanol–water partition coefficient (Wildman–Crippen LogP) is 1.92. The minimum absolute atomic E-state index is 0.760. The number of nitrogens with zero attached hydrogens (tertiary/aromatic N) is 3. The maximum Gasteiger partial charge on any atom is 0.0951 e. The zero-order valence-corrected chi connectivity index (χ0v) is 13.5. The van der Waals surface area contributed by atoms with E-state index in [2.05, 4.69) is 20.0 Å². The summed E-state index contributed by atoms with van der Waals surface area (Å²) in [5, 5.41) is 8.09. The maximum absolute atomic E-state index is 6.28. The quantitative estimate of drug-likeness (QED) is 0.922. The number of aromatic nitrogens is 2. The molecule has 0 radical (unpaired) electrons. The van der Waals surface area contributed by atoms with E-state index in [4.69, 9.17) is 16.3 Å². The lowest BCUT2D eigenvalue weighted by atomic mass is 9.97. The summed E-state index contributed by atoms with van der Waals surface area (Å²) in [4.78, 5) is 5.04. The third kappa shape index (κ3) is 3.97. The van der Waals surface area contributed by atoms with E-state index in [1.165, 1.54) is 19.4 Å². The largest absolute Gasteiger partial charge is 0.379 e. The van der Waals surface area contributed by atoms with Crippen LogP contribution in [0.4, 0.5) is 0 Å². The predicted molar refractivity (Wildman–Crippen MR) is 83.6 cm³/mol. The standard InChI is InChI=1S/C15H25ClN4O/c1-12-15(16)14(18-17-12)11-20-4-2-3-13(10-20)9-19-5-7-21-8-6-19/h13H,2-11H2,1H3,(H,17,18)/t13-/m1/s1. The van der Waals surface area contributed by atoms with E-state index in [9.17, 15) is 0 Å². The number of nitrogens with one attached hydrogen (secondary N) is 1. The van der Waals surface area contributed by atoms with Crippen LogP contribution in [0.1, 0.15) is 24.2 Å². The fourth-order valence-corrected chi connectivity index (χ4v) is 3.52. The Kier molecular flexibility index (Phi) is 5.16. The van der Waals surface area contributed by atoms with Crippen LogP contribution < -0.4 is 0 Å². The Bertz CT molecular complexity index is 459. The van der Waals surface area contributed by atoms with E-state index in [0.29, 0.717) is 0 Å². The average Bonchev–Trinajstić information content (AvgIpc) is 2.81. The molecule has 0 aliphatic carbocycles. The molecule has 0 bridgehead atoms. The monoisotopic (exact) mass is 312 g/mol. The highest BCUT2D eigenvalue weighted by Gasteiger charge is 2.24. The highest BCUT2D eigenvalue weighted by Crippen LogP contribution is 2.23. The highest BCUT2D eigenvalue weighted by molar-refractivity contribution is 6.31. The van der Waals surface area contributed by atoms with E-state index in [1.807, 2.05) is 6.92 Å². The molecule has 3 rings (SSSR count). The summed E-state index contributed by atoms with van der Waals surface area (Å²) in [6.07, 6.45) is 2.61. The lowest BCUT2D eigenvalue weighted by Gasteiger charge is -2.36. The minimum atomic E-state index is 0.760. The van der Waals surface area contributed by atoms with Gasteiger partial charge in [0.25, 0.3) is 0 Å². The fraction of sp³-hybridized carbons (Fsp3) is 0.800. The topological polar surface area (TPSA) is 44.4 Å². The van der Waals surface area contributed by atoms with Gasteiger partial charge in [0.05, 0.1) is 29.6 Å². The summed E-state index contributed by atoms with van der Waals surface area (Å²) in [5.41, 5.74) is 1.95. The number of hydrogen-bond donors (Lipinski definition) is 1. The van der Waals surface area contributed by atoms with Crippen LogP contribution in [0.25, 0.3) is 0 Å². The smallest absolute Gasteiger partial charge is 0.0951 e. The van der Waals surface area contributed by atoms with Crippen molar-refractivity contribution in [3.8, 4) is 0 Å². The van der Waals surface area contributed by atoms with Crippen LogP contribution in [0.5, 0.6) is 0 Å². The van der Waals surface area contributed by atoms with Gasteiger partial charge < -0.3 is 4.74 Å². The van der Waals surface area contributed by atoms with Gasteiger partial charge in [-0.3, -0.25) is 14.9 Å². The first-order valence-corrected chi connectivity index (χ1v) is 8.32. The Morgan fingerprint density at radius 2 is 2.10 bits per heavy atom. The number of halogens is 1. The van der Waals surface area contributed by atoms with Crippen molar-refractivity contribution in [2.75, 3.05) is 45.9 Å². The summed E-state index contributed by atoms with van der Waals surface area (Å²) >= 11 is 6.28. The van der Waals surface area contributed by atoms with Crippen LogP contribution in [0.2, 0.25) is 5.02 Å². The highest BCUT2D eigenvalue weighted by atomic mass is 35.5. The summed E-state index contributed by atoms with van der Waals surface area (Å²) in [6, 6.07) is 0. The molecule has 2 aliphatic rings. The van der Waals surface area contributed by atoms with Crippen LogP contribution >= 0.6 is 11.6 Å². The molecule has 21 heavy (non-hydrogen) atoms. The average molecular weight is 313 g/mol. The van der Waals surface area contributed by atoms with E-state index < -0.39 is 0 Å². The molecule has 3 heterocycles. The molecule has 6 heteroatoms. The maximum atomic E-state index is 6.28. The van der Waals surface area contributed by atoms with Gasteiger partial charge in [-0.1, -0.05) is 11.6 Å². The normalized spacial score (nSPS) is 25.3. The van der Waals surface area contributed by atoms with Crippen molar-refractivity contribution in [1.82, 2.24) is 20.0 Å². The molecule has 2 fully saturated rings. The van der Waals surface area contributed by atoms with Crippen LogP contribution in [0.15, 0.2) is 0 Å². The Morgan fingerprint density at radius 1 is 1.29 bits per heavy atom. The number of morpholine rings is 1.